The van der Waals surface area contributed by atoms with Crippen LogP contribution in [-0.4, -0.2) is 61.5 Å². The third-order valence-corrected chi connectivity index (χ3v) is 10.7. The van der Waals surface area contributed by atoms with Crippen LogP contribution in [0.1, 0.15) is 69.8 Å². The fraction of sp³-hybridized carbons (Fsp3) is 0.378. The van der Waals surface area contributed by atoms with Gasteiger partial charge < -0.3 is 14.2 Å². The molecule has 1 saturated heterocycles. The van der Waals surface area contributed by atoms with Crippen molar-refractivity contribution in [1.29, 1.82) is 0 Å². The number of pyridine rings is 2. The molecule has 0 N–H and O–H groups in total. The first-order valence-corrected chi connectivity index (χ1v) is 19.3. The van der Waals surface area contributed by atoms with Gasteiger partial charge in [-0.2, -0.15) is 13.2 Å². The highest BCUT2D eigenvalue weighted by atomic mass is 19.4. The average molecular weight is 803 g/mol. The van der Waals surface area contributed by atoms with E-state index >= 15 is 0 Å². The van der Waals surface area contributed by atoms with Crippen LogP contribution >= 0.6 is 0 Å². The zero-order valence-electron chi connectivity index (χ0n) is 33.2. The molecule has 58 heavy (non-hydrogen) atoms. The summed E-state index contributed by atoms with van der Waals surface area (Å²) >= 11 is 0. The Morgan fingerprint density at radius 3 is 2.10 bits per heavy atom. The van der Waals surface area contributed by atoms with Gasteiger partial charge in [0.1, 0.15) is 23.3 Å². The van der Waals surface area contributed by atoms with Crippen molar-refractivity contribution in [3.63, 3.8) is 0 Å². The molecule has 5 aromatic rings. The van der Waals surface area contributed by atoms with Crippen molar-refractivity contribution < 1.29 is 36.3 Å². The van der Waals surface area contributed by atoms with Crippen LogP contribution in [-0.2, 0) is 46.4 Å². The summed E-state index contributed by atoms with van der Waals surface area (Å²) < 4.78 is 75.7. The molecule has 0 bridgehead atoms. The lowest BCUT2D eigenvalue weighted by Gasteiger charge is -2.44. The topological polar surface area (TPSA) is 84.7 Å². The van der Waals surface area contributed by atoms with E-state index in [1.165, 1.54) is 36.5 Å². The second kappa shape index (κ2) is 16.8. The standard InChI is InChI=1S/C45H47F5N4O4/c1-43(2,3)58-42(57)44(4,5)52-24-21-34(22-25-52)53(27-29-11-13-30(14-12-29)31-15-18-33(19-16-31)45(48,49)50)39(56)28-54-35(20-17-32-8-6-10-37(46)40(32)47)26-38(55)36-9-7-23-51-41(36)54/h6-16,18-19,23,26,34H,17,20-22,24-25,27-28H2,1-5H3. The van der Waals surface area contributed by atoms with Crippen molar-refractivity contribution in [3.8, 4) is 11.1 Å². The molecule has 3 aromatic carbocycles. The van der Waals surface area contributed by atoms with E-state index in [1.54, 1.807) is 33.7 Å². The molecule has 1 aliphatic heterocycles. The van der Waals surface area contributed by atoms with Crippen LogP contribution in [0, 0.1) is 11.6 Å². The first-order valence-electron chi connectivity index (χ1n) is 19.3. The minimum atomic E-state index is -4.45. The number of ether oxygens (including phenoxy) is 1. The zero-order valence-corrected chi connectivity index (χ0v) is 33.2. The highest BCUT2D eigenvalue weighted by Gasteiger charge is 2.41. The van der Waals surface area contributed by atoms with Crippen molar-refractivity contribution in [2.75, 3.05) is 13.1 Å². The predicted octanol–water partition coefficient (Wildman–Crippen LogP) is 8.76. The Morgan fingerprint density at radius 1 is 0.845 bits per heavy atom. The Morgan fingerprint density at radius 2 is 1.48 bits per heavy atom. The number of carbonyl (C=O) groups is 2. The molecular formula is C45H47F5N4O4. The summed E-state index contributed by atoms with van der Waals surface area (Å²) in [6.45, 7) is 10.1. The van der Waals surface area contributed by atoms with Crippen LogP contribution < -0.4 is 5.43 Å². The lowest BCUT2D eigenvalue weighted by molar-refractivity contribution is -0.169. The SMILES string of the molecule is CC(C)(C)OC(=O)C(C)(C)N1CCC(N(Cc2ccc(-c3ccc(C(F)(F)F)cc3)cc2)C(=O)Cn2c(CCc3cccc(F)c3F)cc(=O)c3cccnc32)CC1. The fourth-order valence-electron chi connectivity index (χ4n) is 7.40. The van der Waals surface area contributed by atoms with E-state index in [2.05, 4.69) is 9.88 Å². The summed E-state index contributed by atoms with van der Waals surface area (Å²) in [4.78, 5) is 49.5. The molecule has 306 valence electrons. The molecule has 0 radical (unpaired) electrons. The van der Waals surface area contributed by atoms with Crippen molar-refractivity contribution in [3.05, 3.63) is 135 Å². The summed E-state index contributed by atoms with van der Waals surface area (Å²) in [5.41, 5.74) is 0.314. The van der Waals surface area contributed by atoms with Crippen LogP contribution in [0.3, 0.4) is 0 Å². The summed E-state index contributed by atoms with van der Waals surface area (Å²) in [7, 11) is 0. The molecule has 8 nitrogen and oxygen atoms in total. The largest absolute Gasteiger partial charge is 0.459 e. The Kier molecular flexibility index (Phi) is 12.2. The molecule has 0 aliphatic carbocycles. The fourth-order valence-corrected chi connectivity index (χ4v) is 7.40. The minimum Gasteiger partial charge on any atom is -0.459 e. The summed E-state index contributed by atoms with van der Waals surface area (Å²) in [6, 6.07) is 20.5. The maximum atomic E-state index is 14.7. The number of nitrogens with zero attached hydrogens (tertiary/aromatic N) is 4. The molecule has 0 unspecified atom stereocenters. The van der Waals surface area contributed by atoms with Crippen molar-refractivity contribution in [2.45, 2.75) is 96.7 Å². The number of piperidine rings is 1. The number of aromatic nitrogens is 2. The highest BCUT2D eigenvalue weighted by molar-refractivity contribution is 5.81. The van der Waals surface area contributed by atoms with E-state index in [0.29, 0.717) is 48.1 Å². The van der Waals surface area contributed by atoms with Gasteiger partial charge in [-0.1, -0.05) is 48.5 Å². The van der Waals surface area contributed by atoms with E-state index < -0.39 is 34.5 Å². The number of hydrogen-bond acceptors (Lipinski definition) is 6. The van der Waals surface area contributed by atoms with Crippen molar-refractivity contribution >= 4 is 22.9 Å². The molecular weight excluding hydrogens is 756 g/mol. The molecule has 2 aromatic heterocycles. The number of carbonyl (C=O) groups excluding carboxylic acids is 2. The lowest BCUT2D eigenvalue weighted by Crippen LogP contribution is -2.57. The van der Waals surface area contributed by atoms with Gasteiger partial charge in [-0.05, 0) is 113 Å². The Balaban J connectivity index is 1.30. The van der Waals surface area contributed by atoms with Gasteiger partial charge in [-0.25, -0.2) is 13.8 Å². The summed E-state index contributed by atoms with van der Waals surface area (Å²) in [5, 5.41) is 0.305. The number of esters is 1. The number of hydrogen-bond donors (Lipinski definition) is 0. The molecule has 0 saturated carbocycles. The molecule has 6 rings (SSSR count). The Hall–Kier alpha value is -5.43. The van der Waals surface area contributed by atoms with Gasteiger partial charge in [0.25, 0.3) is 0 Å². The molecule has 1 fully saturated rings. The summed E-state index contributed by atoms with van der Waals surface area (Å²) in [6.07, 6.45) is -1.66. The van der Waals surface area contributed by atoms with Crippen LogP contribution in [0.15, 0.2) is 95.9 Å². The number of likely N-dealkylation sites (tertiary alicyclic amines) is 1. The third kappa shape index (κ3) is 9.63. The van der Waals surface area contributed by atoms with E-state index in [4.69, 9.17) is 4.74 Å². The van der Waals surface area contributed by atoms with E-state index in [-0.39, 0.29) is 60.5 Å². The highest BCUT2D eigenvalue weighted by Crippen LogP contribution is 2.32. The third-order valence-electron chi connectivity index (χ3n) is 10.7. The number of benzene rings is 3. The first-order chi connectivity index (χ1) is 27.3. The number of halogens is 5. The van der Waals surface area contributed by atoms with Crippen LogP contribution in [0.25, 0.3) is 22.2 Å². The van der Waals surface area contributed by atoms with Gasteiger partial charge in [0.2, 0.25) is 5.91 Å². The van der Waals surface area contributed by atoms with Gasteiger partial charge in [0.15, 0.2) is 17.1 Å². The zero-order chi connectivity index (χ0) is 42.0. The van der Waals surface area contributed by atoms with Gasteiger partial charge in [-0.3, -0.25) is 19.3 Å². The number of rotatable bonds is 11. The Bertz CT molecular complexity index is 2330. The second-order valence-corrected chi connectivity index (χ2v) is 16.2. The monoisotopic (exact) mass is 802 g/mol. The number of alkyl halides is 3. The van der Waals surface area contributed by atoms with Gasteiger partial charge >= 0.3 is 12.1 Å². The minimum absolute atomic E-state index is 0.0659. The quantitative estimate of drug-likeness (QED) is 0.0982. The lowest BCUT2D eigenvalue weighted by atomic mass is 9.94. The van der Waals surface area contributed by atoms with Crippen LogP contribution in [0.4, 0.5) is 22.0 Å². The molecule has 13 heteroatoms. The van der Waals surface area contributed by atoms with E-state index in [0.717, 1.165) is 23.8 Å². The number of aryl methyl sites for hydroxylation is 2. The molecule has 0 spiro atoms. The van der Waals surface area contributed by atoms with Crippen LogP contribution in [0.2, 0.25) is 0 Å². The maximum Gasteiger partial charge on any atom is 0.416 e. The maximum absolute atomic E-state index is 14.7. The van der Waals surface area contributed by atoms with Gasteiger partial charge in [0.05, 0.1) is 10.9 Å². The average Bonchev–Trinajstić information content (AvgIpc) is 3.18. The molecule has 3 heterocycles. The smallest absolute Gasteiger partial charge is 0.416 e. The second-order valence-electron chi connectivity index (χ2n) is 16.2. The van der Waals surface area contributed by atoms with Crippen molar-refractivity contribution in [1.82, 2.24) is 19.4 Å². The van der Waals surface area contributed by atoms with Gasteiger partial charge in [-0.15, -0.1) is 0 Å². The molecule has 0 atom stereocenters. The molecule has 1 amide bonds. The predicted molar refractivity (Wildman–Crippen MR) is 212 cm³/mol. The van der Waals surface area contributed by atoms with Gasteiger partial charge in [0, 0.05) is 43.6 Å². The summed E-state index contributed by atoms with van der Waals surface area (Å²) in [5.74, 6) is -2.56. The normalized spacial score (nSPS) is 14.4. The number of fused-ring (bicyclic) bond motifs is 1. The van der Waals surface area contributed by atoms with E-state index in [1.807, 2.05) is 46.8 Å². The van der Waals surface area contributed by atoms with Crippen LogP contribution in [0.5, 0.6) is 0 Å². The molecule has 1 aliphatic rings. The first kappa shape index (κ1) is 42.2. The number of amides is 1. The Labute approximate surface area is 334 Å². The van der Waals surface area contributed by atoms with Crippen molar-refractivity contribution in [2.24, 2.45) is 0 Å². The van der Waals surface area contributed by atoms with E-state index in [9.17, 15) is 36.3 Å².